The van der Waals surface area contributed by atoms with Crippen molar-refractivity contribution in [2.45, 2.75) is 13.3 Å². The molecule has 0 saturated carbocycles. The van der Waals surface area contributed by atoms with Crippen molar-refractivity contribution in [1.82, 2.24) is 19.6 Å². The minimum Gasteiger partial charge on any atom is -0.292 e. The summed E-state index contributed by atoms with van der Waals surface area (Å²) in [6.07, 6.45) is 1.83. The standard InChI is InChI=1S/C11H13ClN4O/c1-7-11(12)9(16(3)14-7)6-10(17)8-4-5-13-15(8)2/h4-5H,6H2,1-3H3. The molecule has 2 aromatic rings. The highest BCUT2D eigenvalue weighted by atomic mass is 35.5. The quantitative estimate of drug-likeness (QED) is 0.779. The van der Waals surface area contributed by atoms with Gasteiger partial charge in [-0.1, -0.05) is 11.6 Å². The lowest BCUT2D eigenvalue weighted by molar-refractivity contribution is 0.0981. The van der Waals surface area contributed by atoms with Crippen LogP contribution < -0.4 is 0 Å². The van der Waals surface area contributed by atoms with Gasteiger partial charge in [-0.25, -0.2) is 0 Å². The SMILES string of the molecule is Cc1nn(C)c(CC(=O)c2ccnn2C)c1Cl. The normalized spacial score (nSPS) is 10.8. The molecule has 0 atom stereocenters. The predicted octanol–water partition coefficient (Wildman–Crippen LogP) is 1.54. The van der Waals surface area contributed by atoms with E-state index in [2.05, 4.69) is 10.2 Å². The summed E-state index contributed by atoms with van der Waals surface area (Å²) >= 11 is 6.10. The van der Waals surface area contributed by atoms with E-state index >= 15 is 0 Å². The van der Waals surface area contributed by atoms with Crippen molar-refractivity contribution < 1.29 is 4.79 Å². The first-order valence-electron chi connectivity index (χ1n) is 5.20. The van der Waals surface area contributed by atoms with Gasteiger partial charge in [-0.3, -0.25) is 14.2 Å². The second-order valence-corrected chi connectivity index (χ2v) is 4.29. The number of halogens is 1. The third-order valence-corrected chi connectivity index (χ3v) is 3.19. The number of rotatable bonds is 3. The fourth-order valence-corrected chi connectivity index (χ4v) is 1.99. The average molecular weight is 253 g/mol. The Hall–Kier alpha value is -1.62. The van der Waals surface area contributed by atoms with Gasteiger partial charge in [0.05, 0.1) is 22.8 Å². The molecular formula is C11H13ClN4O. The van der Waals surface area contributed by atoms with E-state index in [0.717, 1.165) is 11.4 Å². The van der Waals surface area contributed by atoms with Gasteiger partial charge in [0.15, 0.2) is 5.78 Å². The Morgan fingerprint density at radius 2 is 2.12 bits per heavy atom. The van der Waals surface area contributed by atoms with Gasteiger partial charge in [0.1, 0.15) is 5.69 Å². The zero-order chi connectivity index (χ0) is 12.6. The van der Waals surface area contributed by atoms with Crippen molar-refractivity contribution in [3.63, 3.8) is 0 Å². The molecule has 0 unspecified atom stereocenters. The van der Waals surface area contributed by atoms with Crippen molar-refractivity contribution in [2.75, 3.05) is 0 Å². The molecular weight excluding hydrogens is 240 g/mol. The molecule has 6 heteroatoms. The van der Waals surface area contributed by atoms with E-state index in [1.807, 2.05) is 6.92 Å². The molecule has 17 heavy (non-hydrogen) atoms. The van der Waals surface area contributed by atoms with E-state index in [9.17, 15) is 4.79 Å². The summed E-state index contributed by atoms with van der Waals surface area (Å²) in [4.78, 5) is 12.0. The molecule has 0 aliphatic heterocycles. The van der Waals surface area contributed by atoms with Crippen molar-refractivity contribution in [1.29, 1.82) is 0 Å². The fourth-order valence-electron chi connectivity index (χ4n) is 1.76. The monoisotopic (exact) mass is 252 g/mol. The van der Waals surface area contributed by atoms with Crippen LogP contribution in [-0.2, 0) is 20.5 Å². The Kier molecular flexibility index (Phi) is 3.02. The largest absolute Gasteiger partial charge is 0.292 e. The van der Waals surface area contributed by atoms with E-state index in [0.29, 0.717) is 10.7 Å². The van der Waals surface area contributed by atoms with E-state index in [-0.39, 0.29) is 12.2 Å². The van der Waals surface area contributed by atoms with Gasteiger partial charge < -0.3 is 0 Å². The van der Waals surface area contributed by atoms with E-state index < -0.39 is 0 Å². The minimum absolute atomic E-state index is 0.0186. The van der Waals surface area contributed by atoms with Crippen LogP contribution in [0.3, 0.4) is 0 Å². The molecule has 0 N–H and O–H groups in total. The Balaban J connectivity index is 2.28. The van der Waals surface area contributed by atoms with Gasteiger partial charge in [-0.05, 0) is 13.0 Å². The number of aryl methyl sites for hydroxylation is 3. The summed E-state index contributed by atoms with van der Waals surface area (Å²) in [6.45, 7) is 1.82. The molecule has 90 valence electrons. The van der Waals surface area contributed by atoms with Crippen LogP contribution in [0.5, 0.6) is 0 Å². The first-order valence-corrected chi connectivity index (χ1v) is 5.57. The highest BCUT2D eigenvalue weighted by Crippen LogP contribution is 2.20. The third-order valence-electron chi connectivity index (χ3n) is 2.70. The number of hydrogen-bond acceptors (Lipinski definition) is 3. The van der Waals surface area contributed by atoms with E-state index in [1.54, 1.807) is 35.7 Å². The van der Waals surface area contributed by atoms with Crippen molar-refractivity contribution in [3.8, 4) is 0 Å². The summed E-state index contributed by atoms with van der Waals surface area (Å²) in [7, 11) is 3.52. The second-order valence-electron chi connectivity index (χ2n) is 3.91. The maximum absolute atomic E-state index is 12.0. The van der Waals surface area contributed by atoms with Gasteiger partial charge in [0, 0.05) is 20.3 Å². The number of hydrogen-bond donors (Lipinski definition) is 0. The number of aromatic nitrogens is 4. The second kappa shape index (κ2) is 4.33. The van der Waals surface area contributed by atoms with Crippen LogP contribution in [0.15, 0.2) is 12.3 Å². The molecule has 0 spiro atoms. The van der Waals surface area contributed by atoms with Gasteiger partial charge >= 0.3 is 0 Å². The Morgan fingerprint density at radius 3 is 2.59 bits per heavy atom. The third kappa shape index (κ3) is 2.10. The van der Waals surface area contributed by atoms with Gasteiger partial charge in [-0.2, -0.15) is 10.2 Å². The Bertz CT molecular complexity index is 570. The van der Waals surface area contributed by atoms with Gasteiger partial charge in [0.2, 0.25) is 0 Å². The van der Waals surface area contributed by atoms with Crippen LogP contribution in [0.4, 0.5) is 0 Å². The summed E-state index contributed by atoms with van der Waals surface area (Å²) in [6, 6.07) is 1.69. The number of carbonyl (C=O) groups excluding carboxylic acids is 1. The molecule has 0 aliphatic carbocycles. The molecule has 0 aliphatic rings. The number of Topliss-reactive ketones (excluding diaryl/α,β-unsaturated/α-hetero) is 1. The van der Waals surface area contributed by atoms with Crippen LogP contribution in [0.2, 0.25) is 5.02 Å². The summed E-state index contributed by atoms with van der Waals surface area (Å²) in [5.41, 5.74) is 2.04. The van der Waals surface area contributed by atoms with Gasteiger partial charge in [-0.15, -0.1) is 0 Å². The predicted molar refractivity (Wildman–Crippen MR) is 64.2 cm³/mol. The highest BCUT2D eigenvalue weighted by molar-refractivity contribution is 6.32. The smallest absolute Gasteiger partial charge is 0.186 e. The van der Waals surface area contributed by atoms with E-state index in [4.69, 9.17) is 11.6 Å². The molecule has 2 rings (SSSR count). The summed E-state index contributed by atoms with van der Waals surface area (Å²) < 4.78 is 3.20. The molecule has 0 fully saturated rings. The van der Waals surface area contributed by atoms with Crippen molar-refractivity contribution >= 4 is 17.4 Å². The number of nitrogens with zero attached hydrogens (tertiary/aromatic N) is 4. The minimum atomic E-state index is -0.0186. The van der Waals surface area contributed by atoms with Crippen molar-refractivity contribution in [2.24, 2.45) is 14.1 Å². The summed E-state index contributed by atoms with van der Waals surface area (Å²) in [5, 5.41) is 8.71. The first-order chi connectivity index (χ1) is 8.00. The molecule has 0 aromatic carbocycles. The van der Waals surface area contributed by atoms with Crippen LogP contribution >= 0.6 is 11.6 Å². The fraction of sp³-hybridized carbons (Fsp3) is 0.364. The Morgan fingerprint density at radius 1 is 1.41 bits per heavy atom. The lowest BCUT2D eigenvalue weighted by atomic mass is 10.1. The molecule has 0 bridgehead atoms. The van der Waals surface area contributed by atoms with Gasteiger partial charge in [0.25, 0.3) is 0 Å². The Labute approximate surface area is 104 Å². The average Bonchev–Trinajstić information content (AvgIpc) is 2.78. The zero-order valence-corrected chi connectivity index (χ0v) is 10.7. The molecule has 2 aromatic heterocycles. The molecule has 0 saturated heterocycles. The maximum atomic E-state index is 12.0. The van der Waals surface area contributed by atoms with Crippen LogP contribution in [0, 0.1) is 6.92 Å². The lowest BCUT2D eigenvalue weighted by Gasteiger charge is -2.03. The lowest BCUT2D eigenvalue weighted by Crippen LogP contribution is -2.12. The zero-order valence-electron chi connectivity index (χ0n) is 9.94. The van der Waals surface area contributed by atoms with Crippen molar-refractivity contribution in [3.05, 3.63) is 34.4 Å². The first kappa shape index (κ1) is 11.9. The molecule has 0 radical (unpaired) electrons. The molecule has 5 nitrogen and oxygen atoms in total. The van der Waals surface area contributed by atoms with Crippen LogP contribution in [0.25, 0.3) is 0 Å². The topological polar surface area (TPSA) is 52.7 Å². The number of ketones is 1. The molecule has 0 amide bonds. The highest BCUT2D eigenvalue weighted by Gasteiger charge is 2.17. The maximum Gasteiger partial charge on any atom is 0.186 e. The van der Waals surface area contributed by atoms with Crippen LogP contribution in [-0.4, -0.2) is 25.3 Å². The van der Waals surface area contributed by atoms with Crippen LogP contribution in [0.1, 0.15) is 21.9 Å². The molecule has 2 heterocycles. The summed E-state index contributed by atoms with van der Waals surface area (Å²) in [5.74, 6) is -0.0186. The van der Waals surface area contributed by atoms with E-state index in [1.165, 1.54) is 0 Å². The number of carbonyl (C=O) groups is 1.